The van der Waals surface area contributed by atoms with Gasteiger partial charge in [0.2, 0.25) is 0 Å². The Hall–Kier alpha value is -1.63. The zero-order valence-corrected chi connectivity index (χ0v) is 9.73. The summed E-state index contributed by atoms with van der Waals surface area (Å²) in [4.78, 5) is 11.6. The van der Waals surface area contributed by atoms with Crippen LogP contribution in [-0.2, 0) is 6.42 Å². The van der Waals surface area contributed by atoms with E-state index in [1.807, 2.05) is 43.4 Å². The van der Waals surface area contributed by atoms with Gasteiger partial charge in [-0.05, 0) is 37.8 Å². The fourth-order valence-electron chi connectivity index (χ4n) is 1.47. The van der Waals surface area contributed by atoms with Crippen molar-refractivity contribution < 1.29 is 0 Å². The Morgan fingerprint density at radius 1 is 1.12 bits per heavy atom. The third kappa shape index (κ3) is 4.74. The van der Waals surface area contributed by atoms with Crippen LogP contribution in [0.2, 0.25) is 0 Å². The Morgan fingerprint density at radius 2 is 1.94 bits per heavy atom. The van der Waals surface area contributed by atoms with Gasteiger partial charge in [-0.3, -0.25) is 4.79 Å². The average molecular weight is 214 g/mol. The molecular formula is C15H18O. The predicted molar refractivity (Wildman–Crippen MR) is 69.6 cm³/mol. The lowest BCUT2D eigenvalue weighted by Crippen LogP contribution is -2.03. The van der Waals surface area contributed by atoms with Gasteiger partial charge in [0.15, 0.2) is 5.43 Å². The maximum absolute atomic E-state index is 11.6. The SMILES string of the molecule is C/C=C/C=C/CCCc1cccccc1=O. The largest absolute Gasteiger partial charge is 0.290 e. The Morgan fingerprint density at radius 3 is 2.75 bits per heavy atom. The molecule has 1 heteroatoms. The summed E-state index contributed by atoms with van der Waals surface area (Å²) in [6.45, 7) is 2.00. The van der Waals surface area contributed by atoms with Gasteiger partial charge in [-0.1, -0.05) is 48.6 Å². The van der Waals surface area contributed by atoms with E-state index >= 15 is 0 Å². The highest BCUT2D eigenvalue weighted by Crippen LogP contribution is 2.00. The molecule has 0 aliphatic rings. The molecule has 1 nitrogen and oxygen atoms in total. The van der Waals surface area contributed by atoms with Crippen molar-refractivity contribution in [3.8, 4) is 0 Å². The van der Waals surface area contributed by atoms with Gasteiger partial charge < -0.3 is 0 Å². The van der Waals surface area contributed by atoms with Crippen molar-refractivity contribution in [2.24, 2.45) is 0 Å². The summed E-state index contributed by atoms with van der Waals surface area (Å²) in [5.74, 6) is 0. The van der Waals surface area contributed by atoms with Crippen LogP contribution in [0.4, 0.5) is 0 Å². The Bertz CT molecular complexity index is 416. The molecule has 0 heterocycles. The zero-order valence-electron chi connectivity index (χ0n) is 9.73. The van der Waals surface area contributed by atoms with Gasteiger partial charge in [-0.2, -0.15) is 0 Å². The molecule has 0 unspecified atom stereocenters. The molecule has 0 atom stereocenters. The molecule has 0 saturated heterocycles. The van der Waals surface area contributed by atoms with E-state index in [4.69, 9.17) is 0 Å². The Kier molecular flexibility index (Phi) is 5.94. The number of rotatable bonds is 5. The summed E-state index contributed by atoms with van der Waals surface area (Å²) in [7, 11) is 0. The van der Waals surface area contributed by atoms with E-state index < -0.39 is 0 Å². The van der Waals surface area contributed by atoms with E-state index in [1.54, 1.807) is 12.1 Å². The fourth-order valence-corrected chi connectivity index (χ4v) is 1.47. The second kappa shape index (κ2) is 7.63. The lowest BCUT2D eigenvalue weighted by atomic mass is 10.1. The molecule has 0 N–H and O–H groups in total. The summed E-state index contributed by atoms with van der Waals surface area (Å²) in [6.07, 6.45) is 11.1. The van der Waals surface area contributed by atoms with Crippen LogP contribution in [0.25, 0.3) is 0 Å². The zero-order chi connectivity index (χ0) is 11.6. The first-order valence-corrected chi connectivity index (χ1v) is 5.70. The van der Waals surface area contributed by atoms with Crippen molar-refractivity contribution in [3.63, 3.8) is 0 Å². The Labute approximate surface area is 97.1 Å². The van der Waals surface area contributed by atoms with Gasteiger partial charge in [-0.25, -0.2) is 0 Å². The lowest BCUT2D eigenvalue weighted by Gasteiger charge is -1.94. The molecule has 84 valence electrons. The molecule has 1 aromatic carbocycles. The van der Waals surface area contributed by atoms with Crippen LogP contribution < -0.4 is 5.43 Å². The summed E-state index contributed by atoms with van der Waals surface area (Å²) < 4.78 is 0. The predicted octanol–water partition coefficient (Wildman–Crippen LogP) is 3.50. The van der Waals surface area contributed by atoms with Crippen LogP contribution in [0, 0.1) is 0 Å². The summed E-state index contributed by atoms with van der Waals surface area (Å²) in [5.41, 5.74) is 1.05. The van der Waals surface area contributed by atoms with Crippen molar-refractivity contribution in [1.29, 1.82) is 0 Å². The van der Waals surface area contributed by atoms with Crippen LogP contribution in [0.15, 0.2) is 59.4 Å². The van der Waals surface area contributed by atoms with E-state index in [9.17, 15) is 4.79 Å². The average Bonchev–Trinajstić information content (AvgIpc) is 2.49. The van der Waals surface area contributed by atoms with Crippen molar-refractivity contribution in [2.45, 2.75) is 26.2 Å². The first kappa shape index (κ1) is 12.4. The van der Waals surface area contributed by atoms with Crippen LogP contribution in [0.3, 0.4) is 0 Å². The Balaban J connectivity index is 2.44. The first-order chi connectivity index (χ1) is 7.84. The van der Waals surface area contributed by atoms with E-state index in [1.165, 1.54) is 0 Å². The number of allylic oxidation sites excluding steroid dienone is 4. The van der Waals surface area contributed by atoms with E-state index in [0.29, 0.717) is 0 Å². The summed E-state index contributed by atoms with van der Waals surface area (Å²) in [6, 6.07) is 9.14. The summed E-state index contributed by atoms with van der Waals surface area (Å²) >= 11 is 0. The first-order valence-electron chi connectivity index (χ1n) is 5.70. The number of hydrogen-bond acceptors (Lipinski definition) is 1. The van der Waals surface area contributed by atoms with Gasteiger partial charge in [-0.15, -0.1) is 0 Å². The van der Waals surface area contributed by atoms with Crippen LogP contribution in [-0.4, -0.2) is 0 Å². The number of hydrogen-bond donors (Lipinski definition) is 0. The minimum Gasteiger partial charge on any atom is -0.290 e. The molecule has 0 aliphatic heterocycles. The molecule has 1 rings (SSSR count). The van der Waals surface area contributed by atoms with E-state index in [2.05, 4.69) is 6.08 Å². The number of unbranched alkanes of at least 4 members (excludes halogenated alkanes) is 1. The standard InChI is InChI=1S/C15H18O/c1-2-3-4-5-6-8-11-14-12-9-7-10-13-15(14)16/h2-5,7,9-10,12-13H,6,8,11H2,1H3/b3-2+,5-4+. The highest BCUT2D eigenvalue weighted by atomic mass is 16.1. The maximum Gasteiger partial charge on any atom is 0.181 e. The number of aryl methyl sites for hydroxylation is 1. The molecular weight excluding hydrogens is 196 g/mol. The molecule has 0 radical (unpaired) electrons. The fraction of sp³-hybridized carbons (Fsp3) is 0.267. The lowest BCUT2D eigenvalue weighted by molar-refractivity contribution is 0.839. The minimum absolute atomic E-state index is 0.141. The summed E-state index contributed by atoms with van der Waals surface area (Å²) in [5, 5.41) is 0. The topological polar surface area (TPSA) is 17.1 Å². The molecule has 0 saturated carbocycles. The molecule has 0 bridgehead atoms. The van der Waals surface area contributed by atoms with Gasteiger partial charge in [0, 0.05) is 0 Å². The van der Waals surface area contributed by atoms with Crippen molar-refractivity contribution >= 4 is 0 Å². The highest BCUT2D eigenvalue weighted by molar-refractivity contribution is 5.14. The van der Waals surface area contributed by atoms with E-state index in [0.717, 1.165) is 24.8 Å². The molecule has 0 spiro atoms. The van der Waals surface area contributed by atoms with Crippen LogP contribution >= 0.6 is 0 Å². The van der Waals surface area contributed by atoms with Crippen molar-refractivity contribution in [2.75, 3.05) is 0 Å². The van der Waals surface area contributed by atoms with Gasteiger partial charge in [0.05, 0.1) is 0 Å². The van der Waals surface area contributed by atoms with Crippen molar-refractivity contribution in [1.82, 2.24) is 0 Å². The molecule has 0 aliphatic carbocycles. The molecule has 0 amide bonds. The third-order valence-corrected chi connectivity index (χ3v) is 2.34. The second-order valence-corrected chi connectivity index (χ2v) is 3.65. The molecule has 1 aromatic rings. The molecule has 16 heavy (non-hydrogen) atoms. The molecule has 0 fully saturated rings. The third-order valence-electron chi connectivity index (χ3n) is 2.34. The van der Waals surface area contributed by atoms with Gasteiger partial charge >= 0.3 is 0 Å². The van der Waals surface area contributed by atoms with Crippen molar-refractivity contribution in [3.05, 3.63) is 70.4 Å². The van der Waals surface area contributed by atoms with Crippen LogP contribution in [0.5, 0.6) is 0 Å². The van der Waals surface area contributed by atoms with Gasteiger partial charge in [0.1, 0.15) is 0 Å². The van der Waals surface area contributed by atoms with E-state index in [-0.39, 0.29) is 5.43 Å². The smallest absolute Gasteiger partial charge is 0.181 e. The minimum atomic E-state index is 0.141. The second-order valence-electron chi connectivity index (χ2n) is 3.65. The quantitative estimate of drug-likeness (QED) is 0.541. The highest BCUT2D eigenvalue weighted by Gasteiger charge is 1.94. The monoisotopic (exact) mass is 214 g/mol. The molecule has 0 aromatic heterocycles. The maximum atomic E-state index is 11.6. The normalized spacial score (nSPS) is 11.3. The van der Waals surface area contributed by atoms with Crippen LogP contribution in [0.1, 0.15) is 25.3 Å². The van der Waals surface area contributed by atoms with Gasteiger partial charge in [0.25, 0.3) is 0 Å².